The Morgan fingerprint density at radius 2 is 1.79 bits per heavy atom. The van der Waals surface area contributed by atoms with Gasteiger partial charge in [0.05, 0.1) is 17.9 Å². The number of ketones is 1. The minimum absolute atomic E-state index is 0.0205. The number of anilines is 2. The van der Waals surface area contributed by atoms with Gasteiger partial charge in [0, 0.05) is 37.9 Å². The summed E-state index contributed by atoms with van der Waals surface area (Å²) in [7, 11) is 3.84. The van der Waals surface area contributed by atoms with Gasteiger partial charge in [-0.25, -0.2) is 0 Å². The van der Waals surface area contributed by atoms with E-state index >= 15 is 0 Å². The number of furan rings is 1. The summed E-state index contributed by atoms with van der Waals surface area (Å²) in [4.78, 5) is 33.4. The quantitative estimate of drug-likeness (QED) is 0.672. The Kier molecular flexibility index (Phi) is 4.64. The molecule has 3 aromatic rings. The fourth-order valence-electron chi connectivity index (χ4n) is 3.42. The zero-order chi connectivity index (χ0) is 20.5. The molecule has 3 heterocycles. The van der Waals surface area contributed by atoms with Crippen LogP contribution < -0.4 is 9.80 Å². The molecule has 0 aliphatic carbocycles. The molecule has 1 aromatic carbocycles. The minimum atomic E-state index is -0.798. The van der Waals surface area contributed by atoms with Crippen molar-refractivity contribution in [2.45, 2.75) is 6.04 Å². The Hall–Kier alpha value is -3.87. The maximum Gasteiger partial charge on any atom is 0.294 e. The van der Waals surface area contributed by atoms with Gasteiger partial charge in [-0.15, -0.1) is 0 Å². The van der Waals surface area contributed by atoms with Crippen LogP contribution in [0.5, 0.6) is 0 Å². The van der Waals surface area contributed by atoms with Crippen LogP contribution in [-0.4, -0.2) is 35.9 Å². The number of rotatable bonds is 5. The average Bonchev–Trinajstić information content (AvgIpc) is 3.36. The van der Waals surface area contributed by atoms with E-state index < -0.39 is 23.5 Å². The van der Waals surface area contributed by atoms with Crippen molar-refractivity contribution >= 4 is 23.1 Å². The van der Waals surface area contributed by atoms with Crippen molar-refractivity contribution < 1.29 is 19.1 Å². The molecule has 7 heteroatoms. The van der Waals surface area contributed by atoms with E-state index in [9.17, 15) is 14.7 Å². The van der Waals surface area contributed by atoms with Crippen molar-refractivity contribution in [2.75, 3.05) is 23.9 Å². The minimum Gasteiger partial charge on any atom is -0.503 e. The lowest BCUT2D eigenvalue weighted by Gasteiger charge is -2.27. The number of nitrogens with zero attached hydrogens (tertiary/aromatic N) is 3. The van der Waals surface area contributed by atoms with Crippen LogP contribution in [0.2, 0.25) is 0 Å². The smallest absolute Gasteiger partial charge is 0.294 e. The lowest BCUT2D eigenvalue weighted by Crippen LogP contribution is -2.31. The highest BCUT2D eigenvalue weighted by Crippen LogP contribution is 2.42. The van der Waals surface area contributed by atoms with Crippen molar-refractivity contribution in [3.63, 3.8) is 0 Å². The van der Waals surface area contributed by atoms with Crippen molar-refractivity contribution in [3.8, 4) is 0 Å². The molecule has 0 saturated carbocycles. The number of aromatic nitrogens is 1. The predicted molar refractivity (Wildman–Crippen MR) is 108 cm³/mol. The number of carbonyl (C=O) groups is 2. The molecular weight excluding hydrogens is 370 g/mol. The number of benzene rings is 1. The number of hydrogen-bond acceptors (Lipinski definition) is 6. The van der Waals surface area contributed by atoms with E-state index in [2.05, 4.69) is 4.98 Å². The molecule has 0 spiro atoms. The van der Waals surface area contributed by atoms with E-state index in [1.165, 1.54) is 17.2 Å². The number of carbonyl (C=O) groups excluding carboxylic acids is 2. The Bertz CT molecular complexity index is 1070. The topological polar surface area (TPSA) is 86.9 Å². The number of aliphatic hydroxyl groups is 1. The van der Waals surface area contributed by atoms with Gasteiger partial charge < -0.3 is 14.4 Å². The Morgan fingerprint density at radius 3 is 2.38 bits per heavy atom. The van der Waals surface area contributed by atoms with Gasteiger partial charge in [-0.2, -0.15) is 0 Å². The van der Waals surface area contributed by atoms with E-state index in [4.69, 9.17) is 4.42 Å². The number of pyridine rings is 1. The molecule has 0 fully saturated rings. The summed E-state index contributed by atoms with van der Waals surface area (Å²) in [6.45, 7) is 0. The number of Topliss-reactive ketones (excluding diaryl/α,β-unsaturated/α-hetero) is 1. The van der Waals surface area contributed by atoms with Crippen LogP contribution in [0.25, 0.3) is 0 Å². The molecule has 0 saturated heterocycles. The molecule has 2 aromatic heterocycles. The number of amides is 1. The molecule has 4 rings (SSSR count). The Labute approximate surface area is 167 Å². The standard InChI is InChI=1S/C22H19N3O4/c1-24(2)15-5-7-16(8-6-15)25-19(14-9-11-23-12-10-14)18(21(27)22(25)28)20(26)17-4-3-13-29-17/h3-13,19,27H,1-2H3. The van der Waals surface area contributed by atoms with E-state index in [-0.39, 0.29) is 11.3 Å². The summed E-state index contributed by atoms with van der Waals surface area (Å²) < 4.78 is 5.22. The monoisotopic (exact) mass is 389 g/mol. The molecule has 146 valence electrons. The zero-order valence-corrected chi connectivity index (χ0v) is 15.9. The molecule has 1 atom stereocenters. The highest BCUT2D eigenvalue weighted by atomic mass is 16.3. The summed E-state index contributed by atoms with van der Waals surface area (Å²) >= 11 is 0. The third kappa shape index (κ3) is 3.16. The van der Waals surface area contributed by atoms with E-state index in [0.29, 0.717) is 11.3 Å². The van der Waals surface area contributed by atoms with Crippen LogP contribution in [0.3, 0.4) is 0 Å². The van der Waals surface area contributed by atoms with Gasteiger partial charge in [-0.05, 0) is 54.1 Å². The van der Waals surface area contributed by atoms with Crippen LogP contribution >= 0.6 is 0 Å². The van der Waals surface area contributed by atoms with E-state index in [1.807, 2.05) is 31.1 Å². The zero-order valence-electron chi connectivity index (χ0n) is 15.9. The molecule has 1 N–H and O–H groups in total. The van der Waals surface area contributed by atoms with Gasteiger partial charge in [-0.3, -0.25) is 19.5 Å². The molecule has 1 aliphatic rings. The molecular formula is C22H19N3O4. The van der Waals surface area contributed by atoms with Gasteiger partial charge in [0.2, 0.25) is 5.78 Å². The molecule has 7 nitrogen and oxygen atoms in total. The van der Waals surface area contributed by atoms with Crippen LogP contribution in [-0.2, 0) is 4.79 Å². The molecule has 1 aliphatic heterocycles. The first kappa shape index (κ1) is 18.5. The van der Waals surface area contributed by atoms with Gasteiger partial charge in [0.1, 0.15) is 0 Å². The predicted octanol–water partition coefficient (Wildman–Crippen LogP) is 3.52. The highest BCUT2D eigenvalue weighted by molar-refractivity contribution is 6.20. The van der Waals surface area contributed by atoms with Gasteiger partial charge in [0.25, 0.3) is 5.91 Å². The Morgan fingerprint density at radius 1 is 1.10 bits per heavy atom. The second-order valence-electron chi connectivity index (χ2n) is 6.84. The van der Waals surface area contributed by atoms with Crippen LogP contribution in [0.4, 0.5) is 11.4 Å². The van der Waals surface area contributed by atoms with E-state index in [0.717, 1.165) is 5.69 Å². The lowest BCUT2D eigenvalue weighted by atomic mass is 9.95. The largest absolute Gasteiger partial charge is 0.503 e. The summed E-state index contributed by atoms with van der Waals surface area (Å²) in [6.07, 6.45) is 4.54. The van der Waals surface area contributed by atoms with Crippen LogP contribution in [0.15, 0.2) is 82.9 Å². The third-order valence-electron chi connectivity index (χ3n) is 4.86. The SMILES string of the molecule is CN(C)c1ccc(N2C(=O)C(O)=C(C(=O)c3ccco3)C2c2ccncc2)cc1. The average molecular weight is 389 g/mol. The molecule has 0 bridgehead atoms. The van der Waals surface area contributed by atoms with Crippen molar-refractivity contribution in [1.82, 2.24) is 4.98 Å². The summed E-state index contributed by atoms with van der Waals surface area (Å²) in [5, 5.41) is 10.6. The van der Waals surface area contributed by atoms with Crippen molar-refractivity contribution in [1.29, 1.82) is 0 Å². The fourth-order valence-corrected chi connectivity index (χ4v) is 3.42. The first-order valence-electron chi connectivity index (χ1n) is 9.01. The molecule has 29 heavy (non-hydrogen) atoms. The van der Waals surface area contributed by atoms with Crippen LogP contribution in [0.1, 0.15) is 22.2 Å². The summed E-state index contributed by atoms with van der Waals surface area (Å²) in [6, 6.07) is 13.0. The Balaban J connectivity index is 1.83. The van der Waals surface area contributed by atoms with Crippen molar-refractivity contribution in [2.24, 2.45) is 0 Å². The maximum atomic E-state index is 13.1. The van der Waals surface area contributed by atoms with Crippen LogP contribution in [0, 0.1) is 0 Å². The second-order valence-corrected chi connectivity index (χ2v) is 6.84. The summed E-state index contributed by atoms with van der Waals surface area (Å²) in [5.74, 6) is -1.69. The first-order chi connectivity index (χ1) is 14.0. The highest BCUT2D eigenvalue weighted by Gasteiger charge is 2.45. The van der Waals surface area contributed by atoms with Crippen molar-refractivity contribution in [3.05, 3.63) is 89.8 Å². The second kappa shape index (κ2) is 7.27. The van der Waals surface area contributed by atoms with Gasteiger partial charge in [-0.1, -0.05) is 0 Å². The molecule has 1 amide bonds. The summed E-state index contributed by atoms with van der Waals surface area (Å²) in [5.41, 5.74) is 2.16. The first-order valence-corrected chi connectivity index (χ1v) is 9.01. The van der Waals surface area contributed by atoms with Gasteiger partial charge in [0.15, 0.2) is 11.5 Å². The van der Waals surface area contributed by atoms with Gasteiger partial charge >= 0.3 is 0 Å². The molecule has 1 unspecified atom stereocenters. The fraction of sp³-hybridized carbons (Fsp3) is 0.136. The number of aliphatic hydroxyl groups excluding tert-OH is 1. The van der Waals surface area contributed by atoms with E-state index in [1.54, 1.807) is 42.7 Å². The third-order valence-corrected chi connectivity index (χ3v) is 4.86. The maximum absolute atomic E-state index is 13.1. The lowest BCUT2D eigenvalue weighted by molar-refractivity contribution is -0.117. The molecule has 0 radical (unpaired) electrons. The number of hydrogen-bond donors (Lipinski definition) is 1. The normalized spacial score (nSPS) is 16.4.